The van der Waals surface area contributed by atoms with Gasteiger partial charge in [0.25, 0.3) is 0 Å². The highest BCUT2D eigenvalue weighted by atomic mass is 15.3. The SMILES string of the molecule is Cc1ccc(-n2c(-c3ccccc3)nnc2-c2ccc(-c3ccccc3-c3ccccc3-c3ccc(N(c4ccccc4)c4ccccc4)cc3)cc2)cc1. The Labute approximate surface area is 322 Å². The molecule has 0 spiro atoms. The van der Waals surface area contributed by atoms with Gasteiger partial charge in [0.05, 0.1) is 0 Å². The summed E-state index contributed by atoms with van der Waals surface area (Å²) in [6.45, 7) is 2.10. The van der Waals surface area contributed by atoms with Crippen molar-refractivity contribution in [3.63, 3.8) is 0 Å². The van der Waals surface area contributed by atoms with E-state index in [1.54, 1.807) is 0 Å². The van der Waals surface area contributed by atoms with E-state index in [0.717, 1.165) is 56.7 Å². The standard InChI is InChI=1S/C51H38N4/c1-37-25-33-45(34-26-37)55-50(40-15-5-2-6-16-40)52-53-51(55)41-29-27-38(28-30-41)46-21-11-13-23-48(46)49-24-14-12-22-47(49)39-31-35-44(36-32-39)54(42-17-7-3-8-18-42)43-19-9-4-10-20-43/h2-36H,1H3. The van der Waals surface area contributed by atoms with Gasteiger partial charge in [-0.2, -0.15) is 0 Å². The molecule has 0 fully saturated rings. The van der Waals surface area contributed by atoms with Gasteiger partial charge in [-0.25, -0.2) is 0 Å². The molecule has 9 rings (SSSR count). The Balaban J connectivity index is 1.07. The van der Waals surface area contributed by atoms with Gasteiger partial charge in [-0.3, -0.25) is 4.57 Å². The van der Waals surface area contributed by atoms with Crippen LogP contribution < -0.4 is 4.90 Å². The van der Waals surface area contributed by atoms with E-state index in [1.165, 1.54) is 27.8 Å². The van der Waals surface area contributed by atoms with Crippen LogP contribution in [0.5, 0.6) is 0 Å². The van der Waals surface area contributed by atoms with Crippen LogP contribution in [0.1, 0.15) is 5.56 Å². The zero-order valence-corrected chi connectivity index (χ0v) is 30.5. The molecule has 8 aromatic carbocycles. The minimum absolute atomic E-state index is 0.800. The third-order valence-electron chi connectivity index (χ3n) is 10.1. The smallest absolute Gasteiger partial charge is 0.168 e. The first kappa shape index (κ1) is 33.5. The summed E-state index contributed by atoms with van der Waals surface area (Å²) in [5.74, 6) is 1.61. The number of nitrogens with zero attached hydrogens (tertiary/aromatic N) is 4. The summed E-state index contributed by atoms with van der Waals surface area (Å²) in [6.07, 6.45) is 0. The van der Waals surface area contributed by atoms with Gasteiger partial charge in [0.2, 0.25) is 0 Å². The lowest BCUT2D eigenvalue weighted by atomic mass is 9.89. The fourth-order valence-electron chi connectivity index (χ4n) is 7.31. The molecule has 0 saturated carbocycles. The lowest BCUT2D eigenvalue weighted by Gasteiger charge is -2.25. The number of aryl methyl sites for hydroxylation is 1. The van der Waals surface area contributed by atoms with Gasteiger partial charge >= 0.3 is 0 Å². The number of aromatic nitrogens is 3. The molecule has 0 saturated heterocycles. The van der Waals surface area contributed by atoms with Crippen molar-refractivity contribution in [1.82, 2.24) is 14.8 Å². The van der Waals surface area contributed by atoms with Crippen LogP contribution in [0.2, 0.25) is 0 Å². The first-order chi connectivity index (χ1) is 27.2. The molecule has 1 aromatic heterocycles. The minimum atomic E-state index is 0.800. The number of benzene rings is 8. The molecule has 0 N–H and O–H groups in total. The highest BCUT2D eigenvalue weighted by Gasteiger charge is 2.19. The van der Waals surface area contributed by atoms with E-state index in [1.807, 2.05) is 18.2 Å². The van der Waals surface area contributed by atoms with Crippen molar-refractivity contribution in [2.75, 3.05) is 4.90 Å². The van der Waals surface area contributed by atoms with Gasteiger partial charge < -0.3 is 4.90 Å². The van der Waals surface area contributed by atoms with Crippen LogP contribution in [-0.4, -0.2) is 14.8 Å². The second kappa shape index (κ2) is 15.0. The van der Waals surface area contributed by atoms with Crippen molar-refractivity contribution in [2.24, 2.45) is 0 Å². The van der Waals surface area contributed by atoms with Crippen LogP contribution in [0.25, 0.3) is 61.8 Å². The highest BCUT2D eigenvalue weighted by molar-refractivity contribution is 5.92. The maximum atomic E-state index is 4.74. The Bertz CT molecular complexity index is 2630. The van der Waals surface area contributed by atoms with E-state index in [0.29, 0.717) is 0 Å². The summed E-state index contributed by atoms with van der Waals surface area (Å²) in [7, 11) is 0. The molecule has 0 aliphatic heterocycles. The Morgan fingerprint density at radius 2 is 0.691 bits per heavy atom. The molecule has 0 bridgehead atoms. The molecular formula is C51H38N4. The van der Waals surface area contributed by atoms with Crippen LogP contribution in [-0.2, 0) is 0 Å². The topological polar surface area (TPSA) is 34.0 Å². The summed E-state index contributed by atoms with van der Waals surface area (Å²) in [6, 6.07) is 74.8. The van der Waals surface area contributed by atoms with Gasteiger partial charge in [-0.1, -0.05) is 169 Å². The molecular weight excluding hydrogens is 669 g/mol. The van der Waals surface area contributed by atoms with Gasteiger partial charge in [0.15, 0.2) is 11.6 Å². The van der Waals surface area contributed by atoms with Gasteiger partial charge in [0, 0.05) is 33.9 Å². The van der Waals surface area contributed by atoms with E-state index in [-0.39, 0.29) is 0 Å². The second-order valence-corrected chi connectivity index (χ2v) is 13.6. The van der Waals surface area contributed by atoms with E-state index >= 15 is 0 Å². The fraction of sp³-hybridized carbons (Fsp3) is 0.0196. The first-order valence-electron chi connectivity index (χ1n) is 18.6. The zero-order valence-electron chi connectivity index (χ0n) is 30.5. The molecule has 55 heavy (non-hydrogen) atoms. The van der Waals surface area contributed by atoms with Crippen molar-refractivity contribution in [2.45, 2.75) is 6.92 Å². The number of rotatable bonds is 9. The lowest BCUT2D eigenvalue weighted by Crippen LogP contribution is -2.09. The quantitative estimate of drug-likeness (QED) is 0.150. The molecule has 0 aliphatic carbocycles. The molecule has 0 amide bonds. The first-order valence-corrected chi connectivity index (χ1v) is 18.6. The van der Waals surface area contributed by atoms with Crippen LogP contribution in [0, 0.1) is 6.92 Å². The summed E-state index contributed by atoms with van der Waals surface area (Å²) in [4.78, 5) is 2.29. The van der Waals surface area contributed by atoms with Crippen molar-refractivity contribution >= 4 is 17.1 Å². The summed E-state index contributed by atoms with van der Waals surface area (Å²) < 4.78 is 2.15. The van der Waals surface area contributed by atoms with Gasteiger partial charge in [-0.05, 0) is 88.8 Å². The lowest BCUT2D eigenvalue weighted by molar-refractivity contribution is 1.07. The van der Waals surface area contributed by atoms with Crippen LogP contribution in [0.3, 0.4) is 0 Å². The minimum Gasteiger partial charge on any atom is -0.311 e. The monoisotopic (exact) mass is 706 g/mol. The number of anilines is 3. The third-order valence-corrected chi connectivity index (χ3v) is 10.1. The summed E-state index contributed by atoms with van der Waals surface area (Å²) >= 11 is 0. The predicted octanol–water partition coefficient (Wildman–Crippen LogP) is 13.4. The molecule has 0 atom stereocenters. The van der Waals surface area contributed by atoms with Crippen LogP contribution in [0.4, 0.5) is 17.1 Å². The molecule has 1 heterocycles. The second-order valence-electron chi connectivity index (χ2n) is 13.6. The Morgan fingerprint density at radius 3 is 1.18 bits per heavy atom. The highest BCUT2D eigenvalue weighted by Crippen LogP contribution is 2.41. The Kier molecular flexibility index (Phi) is 9.13. The Hall–Kier alpha value is -7.30. The van der Waals surface area contributed by atoms with Crippen molar-refractivity contribution in [3.8, 4) is 61.8 Å². The number of para-hydroxylation sites is 2. The van der Waals surface area contributed by atoms with Crippen molar-refractivity contribution in [3.05, 3.63) is 218 Å². The molecule has 0 aliphatic rings. The molecule has 4 heteroatoms. The largest absolute Gasteiger partial charge is 0.311 e. The number of hydrogen-bond acceptors (Lipinski definition) is 3. The fourth-order valence-corrected chi connectivity index (χ4v) is 7.31. The van der Waals surface area contributed by atoms with E-state index in [9.17, 15) is 0 Å². The zero-order chi connectivity index (χ0) is 37.0. The summed E-state index contributed by atoms with van der Waals surface area (Å²) in [5, 5.41) is 9.43. The van der Waals surface area contributed by atoms with Crippen molar-refractivity contribution in [1.29, 1.82) is 0 Å². The Morgan fingerprint density at radius 1 is 0.327 bits per heavy atom. The van der Waals surface area contributed by atoms with E-state index in [4.69, 9.17) is 10.2 Å². The molecule has 262 valence electrons. The van der Waals surface area contributed by atoms with Crippen LogP contribution >= 0.6 is 0 Å². The predicted molar refractivity (Wildman–Crippen MR) is 228 cm³/mol. The van der Waals surface area contributed by atoms with Gasteiger partial charge in [-0.15, -0.1) is 10.2 Å². The maximum absolute atomic E-state index is 4.74. The normalized spacial score (nSPS) is 11.0. The molecule has 4 nitrogen and oxygen atoms in total. The van der Waals surface area contributed by atoms with Gasteiger partial charge in [0.1, 0.15) is 0 Å². The van der Waals surface area contributed by atoms with E-state index in [2.05, 4.69) is 211 Å². The molecule has 9 aromatic rings. The summed E-state index contributed by atoms with van der Waals surface area (Å²) in [5.41, 5.74) is 14.6. The van der Waals surface area contributed by atoms with Crippen LogP contribution in [0.15, 0.2) is 212 Å². The maximum Gasteiger partial charge on any atom is 0.168 e. The molecule has 0 unspecified atom stereocenters. The average Bonchev–Trinajstić information content (AvgIpc) is 3.71. The third kappa shape index (κ3) is 6.74. The van der Waals surface area contributed by atoms with Crippen molar-refractivity contribution < 1.29 is 0 Å². The number of hydrogen-bond donors (Lipinski definition) is 0. The van der Waals surface area contributed by atoms with E-state index < -0.39 is 0 Å². The molecule has 0 radical (unpaired) electrons. The average molecular weight is 707 g/mol.